The minimum Gasteiger partial charge on any atom is -0.483 e. The first kappa shape index (κ1) is 16.4. The SMILES string of the molecule is CC(C)c1ccccc1OCC(=O)NCc1cccc(Cl)c1. The van der Waals surface area contributed by atoms with Crippen molar-refractivity contribution in [3.8, 4) is 5.75 Å². The highest BCUT2D eigenvalue weighted by Crippen LogP contribution is 2.25. The maximum atomic E-state index is 11.9. The first-order chi connectivity index (χ1) is 10.6. The summed E-state index contributed by atoms with van der Waals surface area (Å²) in [7, 11) is 0. The van der Waals surface area contributed by atoms with Crippen molar-refractivity contribution in [2.75, 3.05) is 6.61 Å². The molecule has 0 spiro atoms. The van der Waals surface area contributed by atoms with Crippen LogP contribution in [0.15, 0.2) is 48.5 Å². The van der Waals surface area contributed by atoms with E-state index >= 15 is 0 Å². The third-order valence-electron chi connectivity index (χ3n) is 3.28. The molecule has 3 nitrogen and oxygen atoms in total. The number of para-hydroxylation sites is 1. The molecule has 0 fully saturated rings. The van der Waals surface area contributed by atoms with Crippen molar-refractivity contribution in [2.45, 2.75) is 26.3 Å². The van der Waals surface area contributed by atoms with E-state index in [1.165, 1.54) is 0 Å². The van der Waals surface area contributed by atoms with Crippen LogP contribution in [0.3, 0.4) is 0 Å². The Balaban J connectivity index is 1.86. The number of hydrogen-bond acceptors (Lipinski definition) is 2. The second-order valence-corrected chi connectivity index (χ2v) is 5.82. The molecule has 0 heterocycles. The first-order valence-electron chi connectivity index (χ1n) is 7.29. The summed E-state index contributed by atoms with van der Waals surface area (Å²) < 4.78 is 5.63. The molecule has 2 aromatic rings. The first-order valence-corrected chi connectivity index (χ1v) is 7.67. The molecular weight excluding hydrogens is 298 g/mol. The average Bonchev–Trinajstić information content (AvgIpc) is 2.51. The highest BCUT2D eigenvalue weighted by Gasteiger charge is 2.09. The molecule has 0 unspecified atom stereocenters. The average molecular weight is 318 g/mol. The molecular formula is C18H20ClNO2. The topological polar surface area (TPSA) is 38.3 Å². The smallest absolute Gasteiger partial charge is 0.258 e. The van der Waals surface area contributed by atoms with Gasteiger partial charge in [0.1, 0.15) is 5.75 Å². The molecule has 0 atom stereocenters. The van der Waals surface area contributed by atoms with Gasteiger partial charge in [0, 0.05) is 11.6 Å². The van der Waals surface area contributed by atoms with Gasteiger partial charge in [0.2, 0.25) is 0 Å². The summed E-state index contributed by atoms with van der Waals surface area (Å²) in [6.07, 6.45) is 0. The molecule has 0 aliphatic carbocycles. The molecule has 0 radical (unpaired) electrons. The van der Waals surface area contributed by atoms with Crippen LogP contribution >= 0.6 is 11.6 Å². The van der Waals surface area contributed by atoms with Crippen molar-refractivity contribution >= 4 is 17.5 Å². The normalized spacial score (nSPS) is 10.5. The van der Waals surface area contributed by atoms with Crippen LogP contribution in [-0.2, 0) is 11.3 Å². The Morgan fingerprint density at radius 2 is 1.95 bits per heavy atom. The molecule has 0 saturated carbocycles. The van der Waals surface area contributed by atoms with Crippen LogP contribution in [0, 0.1) is 0 Å². The molecule has 0 saturated heterocycles. The van der Waals surface area contributed by atoms with Crippen LogP contribution in [0.5, 0.6) is 5.75 Å². The van der Waals surface area contributed by atoms with Crippen molar-refractivity contribution in [2.24, 2.45) is 0 Å². The number of hydrogen-bond donors (Lipinski definition) is 1. The van der Waals surface area contributed by atoms with Crippen molar-refractivity contribution in [1.82, 2.24) is 5.32 Å². The number of carbonyl (C=O) groups is 1. The summed E-state index contributed by atoms with van der Waals surface area (Å²) in [5.74, 6) is 0.958. The minimum absolute atomic E-state index is 0.00426. The fourth-order valence-corrected chi connectivity index (χ4v) is 2.34. The molecule has 4 heteroatoms. The molecule has 2 aromatic carbocycles. The van der Waals surface area contributed by atoms with Gasteiger partial charge in [-0.15, -0.1) is 0 Å². The summed E-state index contributed by atoms with van der Waals surface area (Å²) in [4.78, 5) is 11.9. The standard InChI is InChI=1S/C18H20ClNO2/c1-13(2)16-8-3-4-9-17(16)22-12-18(21)20-11-14-6-5-7-15(19)10-14/h3-10,13H,11-12H2,1-2H3,(H,20,21). The lowest BCUT2D eigenvalue weighted by molar-refractivity contribution is -0.123. The Kier molecular flexibility index (Phi) is 5.84. The molecule has 0 aliphatic rings. The van der Waals surface area contributed by atoms with Crippen LogP contribution < -0.4 is 10.1 Å². The van der Waals surface area contributed by atoms with Gasteiger partial charge < -0.3 is 10.1 Å². The largest absolute Gasteiger partial charge is 0.483 e. The Labute approximate surface area is 136 Å². The quantitative estimate of drug-likeness (QED) is 0.868. The number of halogens is 1. The number of ether oxygens (including phenoxy) is 1. The van der Waals surface area contributed by atoms with Crippen molar-refractivity contribution in [3.05, 3.63) is 64.7 Å². The fourth-order valence-electron chi connectivity index (χ4n) is 2.13. The summed E-state index contributed by atoms with van der Waals surface area (Å²) in [6, 6.07) is 15.2. The lowest BCUT2D eigenvalue weighted by Crippen LogP contribution is -2.28. The highest BCUT2D eigenvalue weighted by molar-refractivity contribution is 6.30. The van der Waals surface area contributed by atoms with E-state index < -0.39 is 0 Å². The number of rotatable bonds is 6. The predicted molar refractivity (Wildman–Crippen MR) is 89.3 cm³/mol. The van der Waals surface area contributed by atoms with Gasteiger partial charge in [0.05, 0.1) is 0 Å². The van der Waals surface area contributed by atoms with Crippen molar-refractivity contribution in [1.29, 1.82) is 0 Å². The van der Waals surface area contributed by atoms with E-state index in [0.717, 1.165) is 16.9 Å². The van der Waals surface area contributed by atoms with E-state index in [9.17, 15) is 4.79 Å². The predicted octanol–water partition coefficient (Wildman–Crippen LogP) is 4.16. The zero-order valence-electron chi connectivity index (χ0n) is 12.8. The third kappa shape index (κ3) is 4.78. The van der Waals surface area contributed by atoms with Crippen LogP contribution in [-0.4, -0.2) is 12.5 Å². The molecule has 0 aliphatic heterocycles. The summed E-state index contributed by atoms with van der Waals surface area (Å²) in [5.41, 5.74) is 2.06. The lowest BCUT2D eigenvalue weighted by Gasteiger charge is -2.13. The zero-order valence-corrected chi connectivity index (χ0v) is 13.6. The Morgan fingerprint density at radius 3 is 2.68 bits per heavy atom. The molecule has 116 valence electrons. The Bertz CT molecular complexity index is 640. The van der Waals surface area contributed by atoms with Gasteiger partial charge in [0.25, 0.3) is 5.91 Å². The van der Waals surface area contributed by atoms with Gasteiger partial charge in [-0.3, -0.25) is 4.79 Å². The van der Waals surface area contributed by atoms with Crippen molar-refractivity contribution < 1.29 is 9.53 Å². The van der Waals surface area contributed by atoms with Gasteiger partial charge in [-0.2, -0.15) is 0 Å². The van der Waals surface area contributed by atoms with Gasteiger partial charge in [0.15, 0.2) is 6.61 Å². The van der Waals surface area contributed by atoms with Gasteiger partial charge in [-0.25, -0.2) is 0 Å². The Morgan fingerprint density at radius 1 is 1.18 bits per heavy atom. The third-order valence-corrected chi connectivity index (χ3v) is 3.51. The maximum absolute atomic E-state index is 11.9. The van der Waals surface area contributed by atoms with E-state index in [1.54, 1.807) is 6.07 Å². The summed E-state index contributed by atoms with van der Waals surface area (Å²) in [6.45, 7) is 4.64. The highest BCUT2D eigenvalue weighted by atomic mass is 35.5. The van der Waals surface area contributed by atoms with Crippen LogP contribution in [0.1, 0.15) is 30.9 Å². The second-order valence-electron chi connectivity index (χ2n) is 5.39. The van der Waals surface area contributed by atoms with Gasteiger partial charge >= 0.3 is 0 Å². The summed E-state index contributed by atoms with van der Waals surface area (Å²) in [5, 5.41) is 3.48. The van der Waals surface area contributed by atoms with E-state index in [1.807, 2.05) is 42.5 Å². The molecule has 1 amide bonds. The maximum Gasteiger partial charge on any atom is 0.258 e. The molecule has 2 rings (SSSR count). The van der Waals surface area contributed by atoms with Gasteiger partial charge in [-0.1, -0.05) is 55.8 Å². The minimum atomic E-state index is -0.154. The fraction of sp³-hybridized carbons (Fsp3) is 0.278. The zero-order chi connectivity index (χ0) is 15.9. The van der Waals surface area contributed by atoms with E-state index in [0.29, 0.717) is 17.5 Å². The monoisotopic (exact) mass is 317 g/mol. The van der Waals surface area contributed by atoms with E-state index in [-0.39, 0.29) is 12.5 Å². The van der Waals surface area contributed by atoms with E-state index in [2.05, 4.69) is 19.2 Å². The number of amides is 1. The number of benzene rings is 2. The molecule has 22 heavy (non-hydrogen) atoms. The van der Waals surface area contributed by atoms with Crippen molar-refractivity contribution in [3.63, 3.8) is 0 Å². The van der Waals surface area contributed by atoms with Gasteiger partial charge in [-0.05, 0) is 35.2 Å². The van der Waals surface area contributed by atoms with Crippen LogP contribution in [0.4, 0.5) is 0 Å². The molecule has 1 N–H and O–H groups in total. The number of nitrogens with one attached hydrogen (secondary N) is 1. The lowest BCUT2D eigenvalue weighted by atomic mass is 10.0. The summed E-state index contributed by atoms with van der Waals surface area (Å²) >= 11 is 5.91. The van der Waals surface area contributed by atoms with Crippen LogP contribution in [0.2, 0.25) is 5.02 Å². The second kappa shape index (κ2) is 7.85. The van der Waals surface area contributed by atoms with Crippen LogP contribution in [0.25, 0.3) is 0 Å². The Hall–Kier alpha value is -2.00. The molecule has 0 aromatic heterocycles. The number of carbonyl (C=O) groups excluding carboxylic acids is 1. The molecule has 0 bridgehead atoms. The van der Waals surface area contributed by atoms with E-state index in [4.69, 9.17) is 16.3 Å².